The van der Waals surface area contributed by atoms with E-state index in [1.165, 1.54) is 11.8 Å². The molecule has 2 aromatic rings. The number of carbonyl (C=O) groups excluding carboxylic acids is 1. The fraction of sp³-hybridized carbons (Fsp3) is 0.500. The van der Waals surface area contributed by atoms with E-state index >= 15 is 0 Å². The first-order chi connectivity index (χ1) is 14.0. The molecule has 3 atom stereocenters. The van der Waals surface area contributed by atoms with Gasteiger partial charge in [0.1, 0.15) is 23.7 Å². The number of hydrogen-bond donors (Lipinski definition) is 2. The first-order valence-electron chi connectivity index (χ1n) is 10.0. The van der Waals surface area contributed by atoms with Gasteiger partial charge in [0.05, 0.1) is 6.61 Å². The van der Waals surface area contributed by atoms with Gasteiger partial charge in [-0.25, -0.2) is 13.9 Å². The van der Waals surface area contributed by atoms with E-state index in [0.29, 0.717) is 48.4 Å². The van der Waals surface area contributed by atoms with Crippen molar-refractivity contribution in [2.24, 2.45) is 0 Å². The van der Waals surface area contributed by atoms with Crippen LogP contribution in [0.4, 0.5) is 14.9 Å². The average molecular weight is 418 g/mol. The summed E-state index contributed by atoms with van der Waals surface area (Å²) in [7, 11) is 0. The van der Waals surface area contributed by atoms with Crippen LogP contribution in [-0.4, -0.2) is 33.1 Å². The normalized spacial score (nSPS) is 23.0. The molecule has 1 unspecified atom stereocenters. The molecule has 9 heteroatoms. The van der Waals surface area contributed by atoms with E-state index in [9.17, 15) is 13.7 Å². The lowest BCUT2D eigenvalue weighted by atomic mass is 9.95. The lowest BCUT2D eigenvalue weighted by molar-refractivity contribution is 0.224. The summed E-state index contributed by atoms with van der Waals surface area (Å²) in [6.07, 6.45) is 4.02. The molecule has 0 saturated carbocycles. The van der Waals surface area contributed by atoms with Crippen molar-refractivity contribution in [2.75, 3.05) is 11.9 Å². The molecule has 29 heavy (non-hydrogen) atoms. The molecule has 154 valence electrons. The second-order valence-electron chi connectivity index (χ2n) is 7.97. The van der Waals surface area contributed by atoms with Crippen LogP contribution in [0.15, 0.2) is 17.2 Å². The predicted octanol–water partition coefficient (Wildman–Crippen LogP) is 3.00. The van der Waals surface area contributed by atoms with Crippen LogP contribution in [0.2, 0.25) is 0 Å². The van der Waals surface area contributed by atoms with Crippen LogP contribution in [0, 0.1) is 0 Å². The van der Waals surface area contributed by atoms with Gasteiger partial charge in [-0.2, -0.15) is 5.10 Å². The maximum absolute atomic E-state index is 14.1. The predicted molar refractivity (Wildman–Crippen MR) is 106 cm³/mol. The number of benzene rings is 1. The topological polar surface area (TPSA) is 91.2 Å². The minimum atomic E-state index is -1.80. The molecule has 0 spiro atoms. The highest BCUT2D eigenvalue weighted by atomic mass is 32.2. The smallest absolute Gasteiger partial charge is 0.361 e. The largest absolute Gasteiger partial charge is 0.588 e. The van der Waals surface area contributed by atoms with E-state index in [1.54, 1.807) is 4.68 Å². The number of urea groups is 1. The van der Waals surface area contributed by atoms with Gasteiger partial charge in [-0.15, -0.1) is 4.72 Å². The van der Waals surface area contributed by atoms with Crippen molar-refractivity contribution in [3.8, 4) is 5.88 Å². The molecule has 2 N–H and O–H groups in total. The summed E-state index contributed by atoms with van der Waals surface area (Å²) < 4.78 is 36.5. The van der Waals surface area contributed by atoms with Gasteiger partial charge in [0, 0.05) is 31.5 Å². The van der Waals surface area contributed by atoms with Gasteiger partial charge in [-0.1, -0.05) is 13.0 Å². The SMILES string of the molecule is C[C@H]1CCc2cc3c(c(NC(=O)N[S+]([O-])c4cnn5c4OCCC5)c21)C[C@@H](F)C3. The van der Waals surface area contributed by atoms with Crippen LogP contribution >= 0.6 is 0 Å². The molecule has 2 aliphatic carbocycles. The average Bonchev–Trinajstić information content (AvgIpc) is 3.38. The van der Waals surface area contributed by atoms with E-state index in [4.69, 9.17) is 4.74 Å². The standard InChI is InChI=1S/C20H23FN4O3S/c1-11-3-4-12-7-13-8-14(21)9-15(13)18(17(11)12)23-20(26)24-29(27)16-10-22-25-5-2-6-28-19(16)25/h7,10-11,14H,2-6,8-9H2,1H3,(H2,23,24,26)/t11-,14-,29?/m0/s1. The second kappa shape index (κ2) is 7.21. The van der Waals surface area contributed by atoms with Crippen LogP contribution in [0.1, 0.15) is 47.9 Å². The molecule has 0 fully saturated rings. The molecular weight excluding hydrogens is 395 g/mol. The zero-order valence-corrected chi connectivity index (χ0v) is 17.0. The Hall–Kier alpha value is -2.26. The number of hydrogen-bond acceptors (Lipinski definition) is 4. The van der Waals surface area contributed by atoms with Crippen molar-refractivity contribution in [1.82, 2.24) is 14.5 Å². The van der Waals surface area contributed by atoms with Gasteiger partial charge < -0.3 is 14.6 Å². The summed E-state index contributed by atoms with van der Waals surface area (Å²) in [6, 6.07) is 1.53. The molecular formula is C20H23FN4O3S. The van der Waals surface area contributed by atoms with Crippen LogP contribution in [0.5, 0.6) is 5.88 Å². The van der Waals surface area contributed by atoms with E-state index in [1.807, 2.05) is 0 Å². The molecule has 3 aliphatic rings. The van der Waals surface area contributed by atoms with Crippen LogP contribution in [0.25, 0.3) is 0 Å². The summed E-state index contributed by atoms with van der Waals surface area (Å²) in [5.74, 6) is 0.733. The highest BCUT2D eigenvalue weighted by molar-refractivity contribution is 7.90. The molecule has 7 nitrogen and oxygen atoms in total. The highest BCUT2D eigenvalue weighted by Crippen LogP contribution is 2.44. The van der Waals surface area contributed by atoms with Crippen molar-refractivity contribution >= 4 is 23.1 Å². The lowest BCUT2D eigenvalue weighted by Crippen LogP contribution is -2.35. The molecule has 0 radical (unpaired) electrons. The summed E-state index contributed by atoms with van der Waals surface area (Å²) in [5, 5.41) is 7.06. The van der Waals surface area contributed by atoms with Gasteiger partial charge in [0.15, 0.2) is 0 Å². The Morgan fingerprint density at radius 1 is 1.41 bits per heavy atom. The van der Waals surface area contributed by atoms with Gasteiger partial charge in [0.2, 0.25) is 0 Å². The maximum Gasteiger partial charge on any atom is 0.361 e. The van der Waals surface area contributed by atoms with Crippen LogP contribution in [-0.2, 0) is 37.2 Å². The van der Waals surface area contributed by atoms with Crippen LogP contribution < -0.4 is 14.8 Å². The third-order valence-electron chi connectivity index (χ3n) is 6.00. The quantitative estimate of drug-likeness (QED) is 0.750. The van der Waals surface area contributed by atoms with Crippen molar-refractivity contribution in [3.05, 3.63) is 34.5 Å². The Balaban J connectivity index is 1.38. The Bertz CT molecular complexity index is 979. The van der Waals surface area contributed by atoms with Gasteiger partial charge in [-0.05, 0) is 41.0 Å². The fourth-order valence-electron chi connectivity index (χ4n) is 4.69. The molecule has 0 saturated heterocycles. The first kappa shape index (κ1) is 18.7. The number of aryl methyl sites for hydroxylation is 2. The van der Waals surface area contributed by atoms with E-state index in [2.05, 4.69) is 28.1 Å². The van der Waals surface area contributed by atoms with Crippen LogP contribution in [0.3, 0.4) is 0 Å². The number of halogens is 1. The number of ether oxygens (including phenoxy) is 1. The molecule has 5 rings (SSSR count). The minimum absolute atomic E-state index is 0.297. The zero-order chi connectivity index (χ0) is 20.1. The Morgan fingerprint density at radius 2 is 2.28 bits per heavy atom. The monoisotopic (exact) mass is 418 g/mol. The van der Waals surface area contributed by atoms with Crippen molar-refractivity contribution in [3.63, 3.8) is 0 Å². The number of nitrogens with zero attached hydrogens (tertiary/aromatic N) is 2. The molecule has 2 heterocycles. The summed E-state index contributed by atoms with van der Waals surface area (Å²) in [5.41, 5.74) is 4.81. The molecule has 1 aromatic carbocycles. The fourth-order valence-corrected chi connectivity index (χ4v) is 5.48. The summed E-state index contributed by atoms with van der Waals surface area (Å²) in [6.45, 7) is 3.35. The number of rotatable bonds is 3. The number of alkyl halides is 1. The van der Waals surface area contributed by atoms with Gasteiger partial charge >= 0.3 is 6.03 Å². The van der Waals surface area contributed by atoms with Crippen molar-refractivity contribution in [1.29, 1.82) is 0 Å². The second-order valence-corrected chi connectivity index (χ2v) is 9.15. The Kier molecular flexibility index (Phi) is 4.66. The summed E-state index contributed by atoms with van der Waals surface area (Å²) in [4.78, 5) is 13.0. The number of amides is 2. The van der Waals surface area contributed by atoms with E-state index < -0.39 is 23.6 Å². The molecule has 0 bridgehead atoms. The number of fused-ring (bicyclic) bond motifs is 3. The molecule has 2 amide bonds. The van der Waals surface area contributed by atoms with Crippen molar-refractivity contribution < 1.29 is 18.5 Å². The third-order valence-corrected chi connectivity index (χ3v) is 7.05. The lowest BCUT2D eigenvalue weighted by Gasteiger charge is -2.19. The molecule has 1 aliphatic heterocycles. The highest BCUT2D eigenvalue weighted by Gasteiger charge is 2.33. The van der Waals surface area contributed by atoms with Crippen molar-refractivity contribution in [2.45, 2.75) is 62.6 Å². The Morgan fingerprint density at radius 3 is 3.14 bits per heavy atom. The maximum atomic E-state index is 14.1. The number of nitrogens with one attached hydrogen (secondary N) is 2. The van der Waals surface area contributed by atoms with E-state index in [0.717, 1.165) is 36.0 Å². The third kappa shape index (κ3) is 3.26. The number of aromatic nitrogens is 2. The summed E-state index contributed by atoms with van der Waals surface area (Å²) >= 11 is -1.80. The zero-order valence-electron chi connectivity index (χ0n) is 16.2. The van der Waals surface area contributed by atoms with E-state index in [-0.39, 0.29) is 0 Å². The minimum Gasteiger partial charge on any atom is -0.588 e. The first-order valence-corrected chi connectivity index (χ1v) is 11.2. The van der Waals surface area contributed by atoms with Gasteiger partial charge in [-0.3, -0.25) is 0 Å². The number of carbonyl (C=O) groups is 1. The molecule has 1 aromatic heterocycles. The van der Waals surface area contributed by atoms with Gasteiger partial charge in [0.25, 0.3) is 10.8 Å². The Labute approximate surface area is 171 Å². The number of anilines is 1.